The maximum Gasteiger partial charge on any atom is 0.405 e. The van der Waals surface area contributed by atoms with Gasteiger partial charge in [-0.25, -0.2) is 0 Å². The number of nitrogens with one attached hydrogen (secondary N) is 1. The van der Waals surface area contributed by atoms with Crippen LogP contribution < -0.4 is 16.8 Å². The SMILES string of the molecule is CC(C)(C)[Si](C)(C)OCC(/C(=C/N)NCC(F)(F)F)n1cc(N)c(F)n1. The van der Waals surface area contributed by atoms with Crippen molar-refractivity contribution in [2.75, 3.05) is 18.9 Å². The smallest absolute Gasteiger partial charge is 0.405 e. The monoisotopic (exact) mass is 397 g/mol. The van der Waals surface area contributed by atoms with E-state index >= 15 is 0 Å². The Morgan fingerprint density at radius 3 is 2.35 bits per heavy atom. The molecule has 5 N–H and O–H groups in total. The van der Waals surface area contributed by atoms with Crippen LogP contribution >= 0.6 is 0 Å². The summed E-state index contributed by atoms with van der Waals surface area (Å²) in [5.74, 6) is -0.908. The van der Waals surface area contributed by atoms with Crippen molar-refractivity contribution in [2.24, 2.45) is 5.73 Å². The van der Waals surface area contributed by atoms with Crippen LogP contribution in [0.2, 0.25) is 18.1 Å². The molecular formula is C15H27F4N5OSi. The van der Waals surface area contributed by atoms with Crippen molar-refractivity contribution < 1.29 is 22.0 Å². The minimum atomic E-state index is -4.44. The van der Waals surface area contributed by atoms with Gasteiger partial charge < -0.3 is 21.2 Å². The molecule has 0 saturated heterocycles. The van der Waals surface area contributed by atoms with Gasteiger partial charge in [0.15, 0.2) is 8.32 Å². The number of anilines is 1. The number of rotatable bonds is 7. The van der Waals surface area contributed by atoms with Crippen LogP contribution in [0.1, 0.15) is 26.8 Å². The fourth-order valence-electron chi connectivity index (χ4n) is 1.85. The second kappa shape index (κ2) is 7.87. The molecule has 0 aromatic carbocycles. The van der Waals surface area contributed by atoms with Crippen LogP contribution in [0.3, 0.4) is 0 Å². The first-order valence-electron chi connectivity index (χ1n) is 8.04. The van der Waals surface area contributed by atoms with Crippen LogP contribution in [0.25, 0.3) is 0 Å². The molecule has 11 heteroatoms. The van der Waals surface area contributed by atoms with Crippen molar-refractivity contribution in [1.82, 2.24) is 15.1 Å². The quantitative estimate of drug-likeness (QED) is 0.486. The lowest BCUT2D eigenvalue weighted by atomic mass is 10.2. The Bertz CT molecular complexity index is 617. The molecule has 1 rings (SSSR count). The first-order chi connectivity index (χ1) is 11.7. The standard InChI is InChI=1S/C15H27F4N5OSi/c1-14(2,3)26(4,5)25-8-12(24-7-10(21)13(16)23-24)11(6-20)22-9-15(17,18)19/h6-7,12,22H,8-9,20-21H2,1-5H3/b11-6-. The molecule has 1 aromatic rings. The number of nitrogen functional groups attached to an aromatic ring is 1. The van der Waals surface area contributed by atoms with Crippen molar-refractivity contribution in [1.29, 1.82) is 0 Å². The van der Waals surface area contributed by atoms with Crippen LogP contribution in [0.15, 0.2) is 18.1 Å². The highest BCUT2D eigenvalue weighted by atomic mass is 28.4. The minimum Gasteiger partial charge on any atom is -0.414 e. The number of hydrogen-bond donors (Lipinski definition) is 3. The lowest BCUT2D eigenvalue weighted by Gasteiger charge is -2.37. The fraction of sp³-hybridized carbons (Fsp3) is 0.667. The van der Waals surface area contributed by atoms with Crippen LogP contribution in [0.4, 0.5) is 23.2 Å². The van der Waals surface area contributed by atoms with Gasteiger partial charge in [-0.15, -0.1) is 5.10 Å². The molecule has 0 bridgehead atoms. The van der Waals surface area contributed by atoms with Gasteiger partial charge in [-0.1, -0.05) is 20.8 Å². The normalized spacial score (nSPS) is 15.2. The maximum absolute atomic E-state index is 13.6. The van der Waals surface area contributed by atoms with E-state index in [2.05, 4.69) is 10.4 Å². The molecule has 0 amide bonds. The van der Waals surface area contributed by atoms with Crippen molar-refractivity contribution >= 4 is 14.0 Å². The summed E-state index contributed by atoms with van der Waals surface area (Å²) in [6.45, 7) is 8.77. The largest absolute Gasteiger partial charge is 0.414 e. The Morgan fingerprint density at radius 1 is 1.38 bits per heavy atom. The molecule has 0 spiro atoms. The van der Waals surface area contributed by atoms with Crippen molar-refractivity contribution in [2.45, 2.75) is 51.1 Å². The van der Waals surface area contributed by atoms with E-state index in [9.17, 15) is 17.6 Å². The Labute approximate surface area is 151 Å². The summed E-state index contributed by atoms with van der Waals surface area (Å²) in [5.41, 5.74) is 10.8. The Morgan fingerprint density at radius 2 is 1.96 bits per heavy atom. The molecule has 0 aliphatic heterocycles. The van der Waals surface area contributed by atoms with Gasteiger partial charge in [-0.2, -0.15) is 17.6 Å². The van der Waals surface area contributed by atoms with E-state index < -0.39 is 33.0 Å². The van der Waals surface area contributed by atoms with E-state index in [1.165, 1.54) is 6.20 Å². The molecule has 0 saturated carbocycles. The molecule has 0 radical (unpaired) electrons. The lowest BCUT2D eigenvalue weighted by Crippen LogP contribution is -2.43. The second-order valence-electron chi connectivity index (χ2n) is 7.53. The lowest BCUT2D eigenvalue weighted by molar-refractivity contribution is -0.123. The Balaban J connectivity index is 3.10. The molecule has 26 heavy (non-hydrogen) atoms. The first-order valence-corrected chi connectivity index (χ1v) is 11.0. The van der Waals surface area contributed by atoms with Gasteiger partial charge in [0.1, 0.15) is 18.3 Å². The summed E-state index contributed by atoms with van der Waals surface area (Å²) in [6.07, 6.45) is -2.23. The van der Waals surface area contributed by atoms with Crippen LogP contribution in [-0.4, -0.2) is 37.4 Å². The molecule has 6 nitrogen and oxygen atoms in total. The third-order valence-corrected chi connectivity index (χ3v) is 8.97. The third-order valence-electron chi connectivity index (χ3n) is 4.47. The minimum absolute atomic E-state index is 0.0172. The van der Waals surface area contributed by atoms with Crippen LogP contribution in [-0.2, 0) is 4.43 Å². The predicted molar refractivity (Wildman–Crippen MR) is 95.1 cm³/mol. The Kier molecular flexibility index (Phi) is 6.74. The first kappa shape index (κ1) is 22.3. The van der Waals surface area contributed by atoms with Gasteiger partial charge in [0.2, 0.25) is 0 Å². The summed E-state index contributed by atoms with van der Waals surface area (Å²) in [6, 6.07) is -0.872. The zero-order chi connectivity index (χ0) is 20.3. The zero-order valence-corrected chi connectivity index (χ0v) is 16.6. The topological polar surface area (TPSA) is 91.1 Å². The highest BCUT2D eigenvalue weighted by Gasteiger charge is 2.38. The summed E-state index contributed by atoms with van der Waals surface area (Å²) in [5, 5.41) is 5.75. The summed E-state index contributed by atoms with van der Waals surface area (Å²) in [4.78, 5) is 0. The number of halogens is 4. The summed E-state index contributed by atoms with van der Waals surface area (Å²) in [7, 11) is -2.21. The number of alkyl halides is 3. The van der Waals surface area contributed by atoms with Crippen molar-refractivity contribution in [3.8, 4) is 0 Å². The van der Waals surface area contributed by atoms with Gasteiger partial charge in [-0.3, -0.25) is 4.68 Å². The van der Waals surface area contributed by atoms with Crippen LogP contribution in [0, 0.1) is 5.95 Å². The van der Waals surface area contributed by atoms with Gasteiger partial charge in [0, 0.05) is 6.20 Å². The molecule has 1 atom stereocenters. The fourth-order valence-corrected chi connectivity index (χ4v) is 2.85. The molecule has 0 aliphatic carbocycles. The second-order valence-corrected chi connectivity index (χ2v) is 12.3. The molecule has 0 fully saturated rings. The van der Waals surface area contributed by atoms with E-state index in [4.69, 9.17) is 15.9 Å². The zero-order valence-electron chi connectivity index (χ0n) is 15.6. The Hall–Kier alpha value is -1.75. The van der Waals surface area contributed by atoms with E-state index in [1.807, 2.05) is 33.9 Å². The average molecular weight is 397 g/mol. The molecule has 1 aromatic heterocycles. The van der Waals surface area contributed by atoms with Crippen molar-refractivity contribution in [3.05, 3.63) is 24.0 Å². The average Bonchev–Trinajstić information content (AvgIpc) is 2.79. The number of nitrogens with two attached hydrogens (primary N) is 2. The van der Waals surface area contributed by atoms with E-state index in [0.29, 0.717) is 0 Å². The number of nitrogens with zero attached hydrogens (tertiary/aromatic N) is 2. The molecule has 1 unspecified atom stereocenters. The van der Waals surface area contributed by atoms with Gasteiger partial charge in [-0.05, 0) is 18.1 Å². The third kappa shape index (κ3) is 5.90. The van der Waals surface area contributed by atoms with Gasteiger partial charge in [0.05, 0.1) is 18.5 Å². The highest BCUT2D eigenvalue weighted by Crippen LogP contribution is 2.37. The van der Waals surface area contributed by atoms with Crippen LogP contribution in [0.5, 0.6) is 0 Å². The van der Waals surface area contributed by atoms with Crippen molar-refractivity contribution in [3.63, 3.8) is 0 Å². The maximum atomic E-state index is 13.6. The molecule has 0 aliphatic rings. The summed E-state index contributed by atoms with van der Waals surface area (Å²) >= 11 is 0. The van der Waals surface area contributed by atoms with E-state index in [-0.39, 0.29) is 23.0 Å². The number of aromatic nitrogens is 2. The van der Waals surface area contributed by atoms with Gasteiger partial charge >= 0.3 is 6.18 Å². The highest BCUT2D eigenvalue weighted by molar-refractivity contribution is 6.74. The van der Waals surface area contributed by atoms with E-state index in [1.54, 1.807) is 0 Å². The van der Waals surface area contributed by atoms with Gasteiger partial charge in [0.25, 0.3) is 5.95 Å². The molecule has 150 valence electrons. The molecule has 1 heterocycles. The summed E-state index contributed by atoms with van der Waals surface area (Å²) < 4.78 is 58.4. The predicted octanol–water partition coefficient (Wildman–Crippen LogP) is 3.12. The number of hydrogen-bond acceptors (Lipinski definition) is 5. The van der Waals surface area contributed by atoms with E-state index in [0.717, 1.165) is 10.9 Å². The molecular weight excluding hydrogens is 370 g/mol.